The summed E-state index contributed by atoms with van der Waals surface area (Å²) in [4.78, 5) is 38.0. The highest BCUT2D eigenvalue weighted by molar-refractivity contribution is 5.71. The zero-order valence-corrected chi connectivity index (χ0v) is 47.9. The Labute approximate surface area is 447 Å². The van der Waals surface area contributed by atoms with Crippen molar-refractivity contribution in [2.45, 2.75) is 329 Å². The van der Waals surface area contributed by atoms with Crippen molar-refractivity contribution in [3.63, 3.8) is 0 Å². The third kappa shape index (κ3) is 58.0. The Morgan fingerprint density at radius 3 is 0.861 bits per heavy atom. The molecule has 0 aliphatic rings. The van der Waals surface area contributed by atoms with E-state index < -0.39 is 6.10 Å². The highest BCUT2D eigenvalue weighted by Crippen LogP contribution is 2.17. The van der Waals surface area contributed by atoms with Crippen LogP contribution in [0.15, 0.2) is 60.8 Å². The molecule has 72 heavy (non-hydrogen) atoms. The summed E-state index contributed by atoms with van der Waals surface area (Å²) >= 11 is 0. The smallest absolute Gasteiger partial charge is 0.306 e. The first-order chi connectivity index (χ1) is 35.5. The van der Waals surface area contributed by atoms with E-state index in [0.717, 1.165) is 83.5 Å². The summed E-state index contributed by atoms with van der Waals surface area (Å²) in [5.74, 6) is -0.870. The zero-order chi connectivity index (χ0) is 52.2. The van der Waals surface area contributed by atoms with Gasteiger partial charge in [-0.3, -0.25) is 14.4 Å². The minimum atomic E-state index is -0.771. The van der Waals surface area contributed by atoms with Gasteiger partial charge in [-0.2, -0.15) is 0 Å². The summed E-state index contributed by atoms with van der Waals surface area (Å²) in [5, 5.41) is 0. The van der Waals surface area contributed by atoms with Crippen LogP contribution in [0.25, 0.3) is 0 Å². The van der Waals surface area contributed by atoms with Crippen molar-refractivity contribution < 1.29 is 28.6 Å². The number of unbranched alkanes of at least 4 members (excludes halogenated alkanes) is 36. The Morgan fingerprint density at radius 2 is 0.542 bits per heavy atom. The molecule has 1 atom stereocenters. The lowest BCUT2D eigenvalue weighted by Crippen LogP contribution is -2.30. The molecule has 0 amide bonds. The molecule has 1 unspecified atom stereocenters. The second-order valence-corrected chi connectivity index (χ2v) is 20.9. The number of carbonyl (C=O) groups is 3. The first-order valence-corrected chi connectivity index (χ1v) is 31.3. The first kappa shape index (κ1) is 69.1. The highest BCUT2D eigenvalue weighted by Gasteiger charge is 2.19. The van der Waals surface area contributed by atoms with Crippen LogP contribution in [0.5, 0.6) is 0 Å². The largest absolute Gasteiger partial charge is 0.462 e. The van der Waals surface area contributed by atoms with E-state index in [1.165, 1.54) is 199 Å². The van der Waals surface area contributed by atoms with Crippen LogP contribution >= 0.6 is 0 Å². The lowest BCUT2D eigenvalue weighted by molar-refractivity contribution is -0.167. The Morgan fingerprint density at radius 1 is 0.292 bits per heavy atom. The van der Waals surface area contributed by atoms with Crippen LogP contribution in [0.1, 0.15) is 323 Å². The molecule has 0 bridgehead atoms. The second kappa shape index (κ2) is 60.7. The molecule has 0 saturated heterocycles. The molecule has 0 aromatic heterocycles. The molecule has 0 spiro atoms. The maximum Gasteiger partial charge on any atom is 0.306 e. The number of hydrogen-bond acceptors (Lipinski definition) is 6. The van der Waals surface area contributed by atoms with Crippen LogP contribution < -0.4 is 0 Å². The molecule has 6 nitrogen and oxygen atoms in total. The van der Waals surface area contributed by atoms with Gasteiger partial charge in [0.2, 0.25) is 0 Å². The first-order valence-electron chi connectivity index (χ1n) is 31.3. The van der Waals surface area contributed by atoms with Gasteiger partial charge < -0.3 is 14.2 Å². The van der Waals surface area contributed by atoms with Gasteiger partial charge in [0.15, 0.2) is 6.10 Å². The monoisotopic (exact) mass is 1010 g/mol. The molecule has 6 heteroatoms. The van der Waals surface area contributed by atoms with Gasteiger partial charge >= 0.3 is 17.9 Å². The lowest BCUT2D eigenvalue weighted by atomic mass is 10.0. The molecule has 0 radical (unpaired) electrons. The summed E-state index contributed by atoms with van der Waals surface area (Å²) < 4.78 is 16.8. The summed E-state index contributed by atoms with van der Waals surface area (Å²) in [6.45, 7) is 6.50. The van der Waals surface area contributed by atoms with E-state index in [2.05, 4.69) is 81.5 Å². The van der Waals surface area contributed by atoms with E-state index in [4.69, 9.17) is 14.2 Å². The molecular formula is C66H118O6. The number of carbonyl (C=O) groups excluding carboxylic acids is 3. The predicted octanol–water partition coefficient (Wildman–Crippen LogP) is 21.2. The van der Waals surface area contributed by atoms with Gasteiger partial charge in [0, 0.05) is 19.3 Å². The normalized spacial score (nSPS) is 12.4. The fraction of sp³-hybridized carbons (Fsp3) is 0.803. The van der Waals surface area contributed by atoms with Crippen molar-refractivity contribution >= 4 is 17.9 Å². The average Bonchev–Trinajstić information content (AvgIpc) is 3.38. The maximum absolute atomic E-state index is 12.8. The standard InChI is InChI=1S/C66H118O6/c1-4-7-10-13-16-18-20-22-24-26-28-30-31-32-33-34-35-37-38-40-42-44-46-48-50-53-56-59-65(68)71-62-63(61-70-64(67)58-55-52-15-12-9-6-3)72-66(69)60-57-54-51-49-47-45-43-41-39-36-29-27-25-23-21-19-17-14-11-8-5-2/h7,10,16,18,22,24,27-30,63H,4-6,8-9,11-15,17,19-21,23,25-26,31-62H2,1-3H3/b10-7-,18-16-,24-22-,29-27-,30-28-. The van der Waals surface area contributed by atoms with Crippen LogP contribution in [0.3, 0.4) is 0 Å². The Kier molecular flexibility index (Phi) is 58.2. The molecule has 0 aliphatic heterocycles. The van der Waals surface area contributed by atoms with Crippen molar-refractivity contribution in [1.29, 1.82) is 0 Å². The Hall–Kier alpha value is -2.89. The summed E-state index contributed by atoms with van der Waals surface area (Å²) in [6, 6.07) is 0. The van der Waals surface area contributed by atoms with Gasteiger partial charge in [-0.05, 0) is 83.5 Å². The Bertz CT molecular complexity index is 1290. The summed E-state index contributed by atoms with van der Waals surface area (Å²) in [6.07, 6.45) is 76.9. The van der Waals surface area contributed by atoms with Crippen molar-refractivity contribution in [2.75, 3.05) is 13.2 Å². The summed E-state index contributed by atoms with van der Waals surface area (Å²) in [7, 11) is 0. The minimum absolute atomic E-state index is 0.0723. The van der Waals surface area contributed by atoms with Crippen molar-refractivity contribution in [3.05, 3.63) is 60.8 Å². The third-order valence-electron chi connectivity index (χ3n) is 13.8. The van der Waals surface area contributed by atoms with Crippen LogP contribution in [-0.2, 0) is 28.6 Å². The van der Waals surface area contributed by atoms with E-state index in [0.29, 0.717) is 19.3 Å². The predicted molar refractivity (Wildman–Crippen MR) is 312 cm³/mol. The quantitative estimate of drug-likeness (QED) is 0.0261. The molecule has 0 fully saturated rings. The topological polar surface area (TPSA) is 78.9 Å². The van der Waals surface area contributed by atoms with Crippen molar-refractivity contribution in [2.24, 2.45) is 0 Å². The van der Waals surface area contributed by atoms with Crippen molar-refractivity contribution in [3.8, 4) is 0 Å². The number of ether oxygens (including phenoxy) is 3. The fourth-order valence-electron chi connectivity index (χ4n) is 9.08. The Balaban J connectivity index is 4.06. The molecule has 0 aliphatic carbocycles. The second-order valence-electron chi connectivity index (χ2n) is 20.9. The molecule has 418 valence electrons. The van der Waals surface area contributed by atoms with Gasteiger partial charge in [0.25, 0.3) is 0 Å². The van der Waals surface area contributed by atoms with Gasteiger partial charge in [0.1, 0.15) is 13.2 Å². The molecule has 0 heterocycles. The number of allylic oxidation sites excluding steroid dienone is 10. The third-order valence-corrected chi connectivity index (χ3v) is 13.8. The number of rotatable bonds is 57. The molecule has 0 N–H and O–H groups in total. The van der Waals surface area contributed by atoms with Gasteiger partial charge in [-0.25, -0.2) is 0 Å². The fourth-order valence-corrected chi connectivity index (χ4v) is 9.08. The van der Waals surface area contributed by atoms with Crippen LogP contribution in [0.4, 0.5) is 0 Å². The minimum Gasteiger partial charge on any atom is -0.462 e. The van der Waals surface area contributed by atoms with E-state index in [-0.39, 0.29) is 31.1 Å². The van der Waals surface area contributed by atoms with Crippen molar-refractivity contribution in [1.82, 2.24) is 0 Å². The van der Waals surface area contributed by atoms with E-state index in [1.807, 2.05) is 0 Å². The van der Waals surface area contributed by atoms with E-state index in [9.17, 15) is 14.4 Å². The van der Waals surface area contributed by atoms with Crippen LogP contribution in [-0.4, -0.2) is 37.2 Å². The molecule has 0 aromatic rings. The van der Waals surface area contributed by atoms with E-state index in [1.54, 1.807) is 0 Å². The lowest BCUT2D eigenvalue weighted by Gasteiger charge is -2.18. The molecule has 0 rings (SSSR count). The average molecular weight is 1010 g/mol. The maximum atomic E-state index is 12.8. The van der Waals surface area contributed by atoms with E-state index >= 15 is 0 Å². The molecule has 0 saturated carbocycles. The van der Waals surface area contributed by atoms with Gasteiger partial charge in [0.05, 0.1) is 0 Å². The number of esters is 3. The summed E-state index contributed by atoms with van der Waals surface area (Å²) in [5.41, 5.74) is 0. The molecule has 0 aromatic carbocycles. The number of hydrogen-bond donors (Lipinski definition) is 0. The zero-order valence-electron chi connectivity index (χ0n) is 47.9. The molecular weight excluding hydrogens is 889 g/mol. The van der Waals surface area contributed by atoms with Crippen LogP contribution in [0.2, 0.25) is 0 Å². The van der Waals surface area contributed by atoms with Gasteiger partial charge in [-0.15, -0.1) is 0 Å². The van der Waals surface area contributed by atoms with Crippen LogP contribution in [0, 0.1) is 0 Å². The highest BCUT2D eigenvalue weighted by atomic mass is 16.6. The van der Waals surface area contributed by atoms with Gasteiger partial charge in [-0.1, -0.05) is 281 Å². The SMILES string of the molecule is CC/C=C\C/C=C\C/C=C\C/C=C\CCCCCCCCCCCCCCCCC(=O)OCC(COC(=O)CCCCCCCC)OC(=O)CCCCCCCCCCC/C=C\CCCCCCCCCC.